The van der Waals surface area contributed by atoms with Crippen molar-refractivity contribution in [2.45, 2.75) is 439 Å². The quantitative estimate of drug-likeness (QED) is 0.0222. The van der Waals surface area contributed by atoms with Crippen LogP contribution in [0, 0.1) is 11.8 Å². The van der Waals surface area contributed by atoms with Crippen molar-refractivity contribution < 1.29 is 80.2 Å². The van der Waals surface area contributed by atoms with Crippen LogP contribution < -0.4 is 0 Å². The van der Waals surface area contributed by atoms with Gasteiger partial charge in [-0.05, 0) is 37.5 Å². The highest BCUT2D eigenvalue weighted by molar-refractivity contribution is 7.47. The summed E-state index contributed by atoms with van der Waals surface area (Å²) >= 11 is 0. The van der Waals surface area contributed by atoms with Crippen LogP contribution in [0.2, 0.25) is 0 Å². The van der Waals surface area contributed by atoms with Crippen LogP contribution in [0.3, 0.4) is 0 Å². The molecule has 0 bridgehead atoms. The van der Waals surface area contributed by atoms with E-state index >= 15 is 0 Å². The Balaban J connectivity index is 5.26. The molecule has 0 aliphatic heterocycles. The van der Waals surface area contributed by atoms with Gasteiger partial charge in [-0.1, -0.05) is 369 Å². The van der Waals surface area contributed by atoms with Crippen LogP contribution in [0.4, 0.5) is 0 Å². The van der Waals surface area contributed by atoms with E-state index in [1.54, 1.807) is 0 Å². The molecule has 0 aromatic heterocycles. The fourth-order valence-corrected chi connectivity index (χ4v) is 13.9. The molecule has 0 amide bonds. The Morgan fingerprint density at radius 3 is 0.687 bits per heavy atom. The molecule has 3 N–H and O–H groups in total. The smallest absolute Gasteiger partial charge is 0.462 e. The normalized spacial score (nSPS) is 13.9. The van der Waals surface area contributed by atoms with Gasteiger partial charge < -0.3 is 33.8 Å². The van der Waals surface area contributed by atoms with Crippen molar-refractivity contribution in [2.75, 3.05) is 39.6 Å². The van der Waals surface area contributed by atoms with Crippen molar-refractivity contribution >= 4 is 39.5 Å². The minimum Gasteiger partial charge on any atom is -0.462 e. The van der Waals surface area contributed by atoms with Crippen molar-refractivity contribution in [3.8, 4) is 0 Å². The number of carbonyl (C=O) groups excluding carboxylic acids is 4. The Morgan fingerprint density at radius 2 is 0.465 bits per heavy atom. The molecule has 17 nitrogen and oxygen atoms in total. The van der Waals surface area contributed by atoms with E-state index in [1.807, 2.05) is 0 Å². The van der Waals surface area contributed by atoms with Gasteiger partial charge in [-0.3, -0.25) is 37.3 Å². The first-order valence-electron chi connectivity index (χ1n) is 41.5. The van der Waals surface area contributed by atoms with E-state index in [9.17, 15) is 43.2 Å². The van der Waals surface area contributed by atoms with E-state index in [2.05, 4.69) is 41.5 Å². The second-order valence-electron chi connectivity index (χ2n) is 29.8. The van der Waals surface area contributed by atoms with Gasteiger partial charge in [0.15, 0.2) is 12.2 Å². The number of aliphatic hydroxyl groups excluding tert-OH is 1. The van der Waals surface area contributed by atoms with Crippen LogP contribution in [-0.2, 0) is 65.4 Å². The summed E-state index contributed by atoms with van der Waals surface area (Å²) in [7, 11) is -9.92. The molecule has 0 aliphatic carbocycles. The number of esters is 4. The number of unbranched alkanes of at least 4 members (excludes halogenated alkanes) is 49. The molecule has 0 aromatic rings. The van der Waals surface area contributed by atoms with Gasteiger partial charge in [0.2, 0.25) is 0 Å². The van der Waals surface area contributed by atoms with Gasteiger partial charge in [-0.2, -0.15) is 0 Å². The number of rotatable bonds is 79. The van der Waals surface area contributed by atoms with Crippen LogP contribution in [0.1, 0.15) is 420 Å². The molecule has 2 unspecified atom stereocenters. The lowest BCUT2D eigenvalue weighted by Crippen LogP contribution is -2.30. The molecule has 0 saturated carbocycles. The Hall–Kier alpha value is -1.94. The first-order valence-corrected chi connectivity index (χ1v) is 44.5. The minimum absolute atomic E-state index is 0.107. The molecule has 0 saturated heterocycles. The van der Waals surface area contributed by atoms with Gasteiger partial charge in [0, 0.05) is 25.7 Å². The number of carbonyl (C=O) groups is 4. The number of hydrogen-bond donors (Lipinski definition) is 3. The Kier molecular flexibility index (Phi) is 70.3. The second kappa shape index (κ2) is 71.7. The molecular weight excluding hydrogens is 1290 g/mol. The van der Waals surface area contributed by atoms with E-state index in [0.717, 1.165) is 102 Å². The van der Waals surface area contributed by atoms with Gasteiger partial charge in [0.05, 0.1) is 26.4 Å². The number of phosphoric acid groups is 2. The van der Waals surface area contributed by atoms with Crippen LogP contribution in [-0.4, -0.2) is 96.7 Å². The Labute approximate surface area is 607 Å². The summed E-state index contributed by atoms with van der Waals surface area (Å²) < 4.78 is 68.7. The molecule has 0 aliphatic rings. The maximum atomic E-state index is 13.1. The third kappa shape index (κ3) is 74.1. The second-order valence-corrected chi connectivity index (χ2v) is 32.7. The van der Waals surface area contributed by atoms with Crippen molar-refractivity contribution in [3.05, 3.63) is 0 Å². The van der Waals surface area contributed by atoms with E-state index < -0.39 is 97.5 Å². The summed E-state index contributed by atoms with van der Waals surface area (Å²) in [6.45, 7) is 9.66. The van der Waals surface area contributed by atoms with Crippen LogP contribution in [0.5, 0.6) is 0 Å². The minimum atomic E-state index is -4.96. The van der Waals surface area contributed by atoms with Gasteiger partial charge in [0.25, 0.3) is 0 Å². The molecular formula is C80H156O17P2. The number of phosphoric ester groups is 2. The Bertz CT molecular complexity index is 1910. The molecule has 5 atom stereocenters. The summed E-state index contributed by atoms with van der Waals surface area (Å²) in [4.78, 5) is 73.0. The van der Waals surface area contributed by atoms with Gasteiger partial charge in [-0.15, -0.1) is 0 Å². The van der Waals surface area contributed by atoms with Crippen molar-refractivity contribution in [1.29, 1.82) is 0 Å². The molecule has 19 heteroatoms. The summed E-state index contributed by atoms with van der Waals surface area (Å²) in [5.41, 5.74) is 0. The molecule has 0 fully saturated rings. The van der Waals surface area contributed by atoms with E-state index in [-0.39, 0.29) is 25.7 Å². The largest absolute Gasteiger partial charge is 0.472 e. The lowest BCUT2D eigenvalue weighted by molar-refractivity contribution is -0.161. The van der Waals surface area contributed by atoms with E-state index in [1.165, 1.54) is 238 Å². The third-order valence-electron chi connectivity index (χ3n) is 18.7. The highest BCUT2D eigenvalue weighted by atomic mass is 31.2. The van der Waals surface area contributed by atoms with E-state index in [4.69, 9.17) is 37.0 Å². The average Bonchev–Trinajstić information content (AvgIpc) is 1.00. The predicted octanol–water partition coefficient (Wildman–Crippen LogP) is 23.9. The van der Waals surface area contributed by atoms with Crippen LogP contribution in [0.15, 0.2) is 0 Å². The zero-order valence-corrected chi connectivity index (χ0v) is 66.6. The van der Waals surface area contributed by atoms with E-state index in [0.29, 0.717) is 25.7 Å². The summed E-state index contributed by atoms with van der Waals surface area (Å²) in [5, 5.41) is 10.6. The molecule has 0 aromatic carbocycles. The molecule has 0 spiro atoms. The SMILES string of the molecule is CCCCCCCCCCCCCCCCCC(=O)OC[C@H](COP(=O)(O)OC[C@@H](O)COP(=O)(O)OC[C@@H](COC(=O)CCCCCCCCCCCCCC)OC(=O)CCCCCCCCCCCCCC(C)C)OC(=O)CCCCCCCCCCCCCCCCCC(C)C. The number of hydrogen-bond acceptors (Lipinski definition) is 15. The zero-order chi connectivity index (χ0) is 72.8. The van der Waals surface area contributed by atoms with Gasteiger partial charge in [0.1, 0.15) is 19.3 Å². The van der Waals surface area contributed by atoms with Gasteiger partial charge >= 0.3 is 39.5 Å². The number of aliphatic hydroxyl groups is 1. The van der Waals surface area contributed by atoms with Crippen molar-refractivity contribution in [2.24, 2.45) is 11.8 Å². The van der Waals surface area contributed by atoms with Crippen molar-refractivity contribution in [3.63, 3.8) is 0 Å². The van der Waals surface area contributed by atoms with Crippen molar-refractivity contribution in [1.82, 2.24) is 0 Å². The maximum absolute atomic E-state index is 13.1. The fourth-order valence-electron chi connectivity index (χ4n) is 12.4. The lowest BCUT2D eigenvalue weighted by Gasteiger charge is -2.21. The Morgan fingerprint density at radius 1 is 0.273 bits per heavy atom. The summed E-state index contributed by atoms with van der Waals surface area (Å²) in [5.74, 6) is -0.539. The summed E-state index contributed by atoms with van der Waals surface area (Å²) in [6, 6.07) is 0. The highest BCUT2D eigenvalue weighted by Crippen LogP contribution is 2.45. The summed E-state index contributed by atoms with van der Waals surface area (Å²) in [6.07, 6.45) is 60.9. The molecule has 588 valence electrons. The molecule has 0 radical (unpaired) electrons. The number of ether oxygens (including phenoxy) is 4. The highest BCUT2D eigenvalue weighted by Gasteiger charge is 2.30. The van der Waals surface area contributed by atoms with Crippen LogP contribution >= 0.6 is 15.6 Å². The molecule has 99 heavy (non-hydrogen) atoms. The molecule has 0 heterocycles. The van der Waals surface area contributed by atoms with Crippen LogP contribution in [0.25, 0.3) is 0 Å². The third-order valence-corrected chi connectivity index (χ3v) is 20.6. The van der Waals surface area contributed by atoms with Gasteiger partial charge in [-0.25, -0.2) is 9.13 Å². The first kappa shape index (κ1) is 97.1. The first-order chi connectivity index (χ1) is 47.9. The zero-order valence-electron chi connectivity index (χ0n) is 64.8. The average molecular weight is 1450 g/mol. The fraction of sp³-hybridized carbons (Fsp3) is 0.950. The lowest BCUT2D eigenvalue weighted by atomic mass is 10.0. The maximum Gasteiger partial charge on any atom is 0.472 e. The standard InChI is InChI=1S/C80H156O17P2/c1-7-9-11-13-15-17-19-21-23-27-33-39-45-51-57-63-78(83)91-69-75(96-79(84)64-58-52-46-40-34-28-25-22-24-26-30-36-42-48-54-60-72(3)4)70-94-98(86,87)92-66-74(81)67-93-99(88,89)95-71-76(68-90-77(82)62-56-50-44-38-32-20-18-16-14-12-10-8-2)97-80(85)65-59-53-47-41-35-29-31-37-43-49-55-61-73(5)6/h72-76,81H,7-71H2,1-6H3,(H,86,87)(H,88,89)/t74-,75-,76-/m1/s1. The molecule has 0 rings (SSSR count). The topological polar surface area (TPSA) is 237 Å². The predicted molar refractivity (Wildman–Crippen MR) is 405 cm³/mol. The monoisotopic (exact) mass is 1450 g/mol.